The fourth-order valence-electron chi connectivity index (χ4n) is 2.21. The van der Waals surface area contributed by atoms with E-state index < -0.39 is 0 Å². The number of piperazine rings is 1. The van der Waals surface area contributed by atoms with E-state index in [0.29, 0.717) is 6.04 Å². The predicted octanol–water partition coefficient (Wildman–Crippen LogP) is 1.37. The van der Waals surface area contributed by atoms with Crippen molar-refractivity contribution in [3.8, 4) is 0 Å². The molecule has 0 aromatic rings. The molecule has 2 aliphatic rings. The van der Waals surface area contributed by atoms with Gasteiger partial charge >= 0.3 is 0 Å². The van der Waals surface area contributed by atoms with Crippen LogP contribution < -0.4 is 0 Å². The number of rotatable bonds is 2. The van der Waals surface area contributed by atoms with E-state index in [1.165, 1.54) is 18.8 Å². The van der Waals surface area contributed by atoms with Crippen molar-refractivity contribution in [2.75, 3.05) is 32.7 Å². The lowest BCUT2D eigenvalue weighted by atomic mass is 10.2. The summed E-state index contributed by atoms with van der Waals surface area (Å²) in [6.45, 7) is 10.2. The maximum absolute atomic E-state index is 4.34. The van der Waals surface area contributed by atoms with Gasteiger partial charge in [-0.3, -0.25) is 9.89 Å². The quantitative estimate of drug-likeness (QED) is 0.681. The third kappa shape index (κ3) is 2.59. The Morgan fingerprint density at radius 2 is 1.93 bits per heavy atom. The van der Waals surface area contributed by atoms with Gasteiger partial charge in [0.25, 0.3) is 0 Å². The summed E-state index contributed by atoms with van der Waals surface area (Å²) in [7, 11) is 0. The van der Waals surface area contributed by atoms with Crippen molar-refractivity contribution >= 4 is 6.21 Å². The Hall–Kier alpha value is -0.830. The van der Waals surface area contributed by atoms with E-state index in [2.05, 4.69) is 34.7 Å². The largest absolute Gasteiger partial charge is 0.368 e. The van der Waals surface area contributed by atoms with Crippen LogP contribution in [0.4, 0.5) is 0 Å². The molecule has 0 unspecified atom stereocenters. The van der Waals surface area contributed by atoms with E-state index in [4.69, 9.17) is 0 Å². The van der Waals surface area contributed by atoms with Crippen LogP contribution in [-0.4, -0.2) is 54.8 Å². The van der Waals surface area contributed by atoms with Crippen LogP contribution in [0.1, 0.15) is 20.3 Å². The normalized spacial score (nSPS) is 23.4. The van der Waals surface area contributed by atoms with E-state index in [-0.39, 0.29) is 0 Å². The smallest absolute Gasteiger partial charge is 0.0508 e. The van der Waals surface area contributed by atoms with Gasteiger partial charge in [0.1, 0.15) is 0 Å². The van der Waals surface area contributed by atoms with E-state index in [1.54, 1.807) is 0 Å². The molecule has 2 heterocycles. The third-order valence-electron chi connectivity index (χ3n) is 3.24. The summed E-state index contributed by atoms with van der Waals surface area (Å²) in [5.74, 6) is 0. The van der Waals surface area contributed by atoms with Gasteiger partial charge in [-0.1, -0.05) is 6.08 Å². The van der Waals surface area contributed by atoms with Crippen molar-refractivity contribution in [3.63, 3.8) is 0 Å². The van der Waals surface area contributed by atoms with Crippen LogP contribution in [0.25, 0.3) is 0 Å². The van der Waals surface area contributed by atoms with E-state index in [9.17, 15) is 0 Å². The maximum atomic E-state index is 4.34. The molecule has 0 amide bonds. The Morgan fingerprint density at radius 3 is 2.47 bits per heavy atom. The SMILES string of the molecule is CC(C)N1CCN(C2=CCCN=C2)CC1. The molecule has 0 aromatic carbocycles. The van der Waals surface area contributed by atoms with Crippen LogP contribution in [0.2, 0.25) is 0 Å². The van der Waals surface area contributed by atoms with Crippen molar-refractivity contribution in [1.29, 1.82) is 0 Å². The standard InChI is InChI=1S/C12H21N3/c1-11(2)14-6-8-15(9-7-14)12-4-3-5-13-10-12/h4,10-11H,3,5-9H2,1-2H3. The lowest BCUT2D eigenvalue weighted by Crippen LogP contribution is -2.48. The number of allylic oxidation sites excluding steroid dienone is 1. The van der Waals surface area contributed by atoms with Crippen molar-refractivity contribution < 1.29 is 0 Å². The molecule has 0 bridgehead atoms. The van der Waals surface area contributed by atoms with E-state index >= 15 is 0 Å². The summed E-state index contributed by atoms with van der Waals surface area (Å²) >= 11 is 0. The van der Waals surface area contributed by atoms with Gasteiger partial charge in [0.15, 0.2) is 0 Å². The molecule has 2 aliphatic heterocycles. The Kier molecular flexibility index (Phi) is 3.41. The number of dihydropyridines is 1. The van der Waals surface area contributed by atoms with Crippen LogP contribution in [0.5, 0.6) is 0 Å². The monoisotopic (exact) mass is 207 g/mol. The average Bonchev–Trinajstić information content (AvgIpc) is 2.30. The summed E-state index contributed by atoms with van der Waals surface area (Å²) in [6, 6.07) is 0.682. The highest BCUT2D eigenvalue weighted by atomic mass is 15.3. The summed E-state index contributed by atoms with van der Waals surface area (Å²) in [6.07, 6.45) is 5.46. The minimum atomic E-state index is 0.682. The molecule has 0 N–H and O–H groups in total. The molecule has 0 radical (unpaired) electrons. The highest BCUT2D eigenvalue weighted by molar-refractivity contribution is 5.78. The second-order valence-electron chi connectivity index (χ2n) is 4.57. The molecule has 3 nitrogen and oxygen atoms in total. The van der Waals surface area contributed by atoms with Gasteiger partial charge in [-0.15, -0.1) is 0 Å². The first-order valence-corrected chi connectivity index (χ1v) is 5.96. The zero-order valence-electron chi connectivity index (χ0n) is 9.82. The highest BCUT2D eigenvalue weighted by Gasteiger charge is 2.19. The van der Waals surface area contributed by atoms with Gasteiger partial charge in [-0.05, 0) is 20.3 Å². The lowest BCUT2D eigenvalue weighted by Gasteiger charge is -2.38. The van der Waals surface area contributed by atoms with Crippen LogP contribution in [-0.2, 0) is 0 Å². The second-order valence-corrected chi connectivity index (χ2v) is 4.57. The average molecular weight is 207 g/mol. The summed E-state index contributed by atoms with van der Waals surface area (Å²) < 4.78 is 0. The van der Waals surface area contributed by atoms with Crippen LogP contribution in [0.3, 0.4) is 0 Å². The number of hydrogen-bond donors (Lipinski definition) is 0. The first-order valence-electron chi connectivity index (χ1n) is 5.96. The Morgan fingerprint density at radius 1 is 1.20 bits per heavy atom. The Balaban J connectivity index is 1.88. The minimum absolute atomic E-state index is 0.682. The molecule has 0 aromatic heterocycles. The third-order valence-corrected chi connectivity index (χ3v) is 3.24. The molecule has 15 heavy (non-hydrogen) atoms. The second kappa shape index (κ2) is 4.79. The number of hydrogen-bond acceptors (Lipinski definition) is 3. The lowest BCUT2D eigenvalue weighted by molar-refractivity contribution is 0.134. The van der Waals surface area contributed by atoms with Gasteiger partial charge in [-0.25, -0.2) is 0 Å². The molecule has 2 rings (SSSR count). The molecule has 1 saturated heterocycles. The zero-order valence-corrected chi connectivity index (χ0v) is 9.82. The molecular formula is C12H21N3. The summed E-state index contributed by atoms with van der Waals surface area (Å²) in [4.78, 5) is 9.34. The van der Waals surface area contributed by atoms with Crippen molar-refractivity contribution in [2.24, 2.45) is 4.99 Å². The van der Waals surface area contributed by atoms with Gasteiger partial charge in [0.05, 0.1) is 5.70 Å². The fraction of sp³-hybridized carbons (Fsp3) is 0.750. The molecule has 84 valence electrons. The Labute approximate surface area is 92.5 Å². The van der Waals surface area contributed by atoms with E-state index in [0.717, 1.165) is 26.1 Å². The molecule has 0 aliphatic carbocycles. The van der Waals surface area contributed by atoms with Crippen molar-refractivity contribution in [1.82, 2.24) is 9.80 Å². The maximum Gasteiger partial charge on any atom is 0.0508 e. The topological polar surface area (TPSA) is 18.8 Å². The zero-order chi connectivity index (χ0) is 10.7. The van der Waals surface area contributed by atoms with Gasteiger partial charge in [-0.2, -0.15) is 0 Å². The highest BCUT2D eigenvalue weighted by Crippen LogP contribution is 2.12. The van der Waals surface area contributed by atoms with E-state index in [1.807, 2.05) is 6.21 Å². The van der Waals surface area contributed by atoms with Gasteiger partial charge < -0.3 is 4.90 Å². The Bertz CT molecular complexity index is 260. The predicted molar refractivity (Wildman–Crippen MR) is 64.3 cm³/mol. The number of aliphatic imine (C=N–C) groups is 1. The van der Waals surface area contributed by atoms with Gasteiger partial charge in [0.2, 0.25) is 0 Å². The molecule has 1 fully saturated rings. The first-order chi connectivity index (χ1) is 7.27. The van der Waals surface area contributed by atoms with Crippen molar-refractivity contribution in [3.05, 3.63) is 11.8 Å². The molecular weight excluding hydrogens is 186 g/mol. The molecule has 0 spiro atoms. The summed E-state index contributed by atoms with van der Waals surface area (Å²) in [5.41, 5.74) is 1.34. The number of nitrogens with zero attached hydrogens (tertiary/aromatic N) is 3. The molecule has 0 saturated carbocycles. The summed E-state index contributed by atoms with van der Waals surface area (Å²) in [5, 5.41) is 0. The van der Waals surface area contributed by atoms with Crippen LogP contribution >= 0.6 is 0 Å². The van der Waals surface area contributed by atoms with Crippen LogP contribution in [0.15, 0.2) is 16.8 Å². The first kappa shape index (κ1) is 10.7. The fourth-order valence-corrected chi connectivity index (χ4v) is 2.21. The minimum Gasteiger partial charge on any atom is -0.368 e. The molecule has 0 atom stereocenters. The van der Waals surface area contributed by atoms with Gasteiger partial charge in [0, 0.05) is 45.0 Å². The van der Waals surface area contributed by atoms with Crippen LogP contribution in [0, 0.1) is 0 Å². The van der Waals surface area contributed by atoms with Crippen molar-refractivity contribution in [2.45, 2.75) is 26.3 Å². The molecule has 3 heteroatoms.